The Morgan fingerprint density at radius 1 is 1.02 bits per heavy atom. The summed E-state index contributed by atoms with van der Waals surface area (Å²) in [6, 6.07) is 8.90. The third-order valence-electron chi connectivity index (χ3n) is 6.83. The van der Waals surface area contributed by atoms with Crippen LogP contribution in [0.25, 0.3) is 17.1 Å². The Bertz CT molecular complexity index is 1760. The maximum absolute atomic E-state index is 13.6. The summed E-state index contributed by atoms with van der Waals surface area (Å²) in [5, 5.41) is 11.7. The number of ether oxygens (including phenoxy) is 1. The van der Waals surface area contributed by atoms with Gasteiger partial charge in [0.2, 0.25) is 10.0 Å². The molecule has 0 fully saturated rings. The van der Waals surface area contributed by atoms with Crippen molar-refractivity contribution in [1.29, 1.82) is 0 Å². The smallest absolute Gasteiger partial charge is 0.259 e. The lowest BCUT2D eigenvalue weighted by Crippen LogP contribution is -2.20. The van der Waals surface area contributed by atoms with E-state index in [1.807, 2.05) is 57.6 Å². The van der Waals surface area contributed by atoms with Crippen molar-refractivity contribution in [1.82, 2.24) is 24.5 Å². The number of hydrogen-bond acceptors (Lipinski definition) is 7. The molecular formula is C30H39N7O4S. The van der Waals surface area contributed by atoms with E-state index in [1.54, 1.807) is 29.1 Å². The highest BCUT2D eigenvalue weighted by Gasteiger charge is 2.25. The van der Waals surface area contributed by atoms with Crippen molar-refractivity contribution in [3.05, 3.63) is 65.2 Å². The van der Waals surface area contributed by atoms with E-state index in [-0.39, 0.29) is 27.8 Å². The molecule has 0 aliphatic carbocycles. The minimum Gasteiger partial charge on any atom is -0.494 e. The SMILES string of the molecule is COc1c(NS(C)(=O)=O)cc(C(C)(C)C)cc1C(=O)Nc1ccc(C)c(-n2cc(-c3cnc(C(C)(C)C)n3C)nn2)c1. The average molecular weight is 594 g/mol. The average Bonchev–Trinajstić information content (AvgIpc) is 3.49. The number of aromatic nitrogens is 5. The van der Waals surface area contributed by atoms with E-state index >= 15 is 0 Å². The number of anilines is 2. The number of methoxy groups -OCH3 is 1. The number of hydrogen-bond donors (Lipinski definition) is 2. The molecule has 0 atom stereocenters. The molecule has 0 saturated carbocycles. The fourth-order valence-corrected chi connectivity index (χ4v) is 5.25. The van der Waals surface area contributed by atoms with Crippen LogP contribution in [0.5, 0.6) is 5.75 Å². The summed E-state index contributed by atoms with van der Waals surface area (Å²) < 4.78 is 35.8. The van der Waals surface area contributed by atoms with Gasteiger partial charge in [-0.05, 0) is 47.7 Å². The maximum atomic E-state index is 13.6. The number of carbonyl (C=O) groups excluding carboxylic acids is 1. The summed E-state index contributed by atoms with van der Waals surface area (Å²) in [5.41, 5.74) is 4.38. The monoisotopic (exact) mass is 593 g/mol. The number of carbonyl (C=O) groups is 1. The molecule has 0 bridgehead atoms. The molecule has 0 saturated heterocycles. The lowest BCUT2D eigenvalue weighted by atomic mass is 9.85. The highest BCUT2D eigenvalue weighted by Crippen LogP contribution is 2.36. The van der Waals surface area contributed by atoms with Crippen molar-refractivity contribution < 1.29 is 17.9 Å². The molecule has 224 valence electrons. The predicted octanol–water partition coefficient (Wildman–Crippen LogP) is 5.20. The molecular weight excluding hydrogens is 554 g/mol. The number of aryl methyl sites for hydroxylation is 1. The molecule has 11 nitrogen and oxygen atoms in total. The maximum Gasteiger partial charge on any atom is 0.259 e. The topological polar surface area (TPSA) is 133 Å². The fraction of sp³-hybridized carbons (Fsp3) is 0.400. The summed E-state index contributed by atoms with van der Waals surface area (Å²) in [7, 11) is -0.265. The lowest BCUT2D eigenvalue weighted by molar-refractivity contribution is 0.102. The van der Waals surface area contributed by atoms with Gasteiger partial charge in [-0.15, -0.1) is 5.10 Å². The predicted molar refractivity (Wildman–Crippen MR) is 165 cm³/mol. The standard InChI is InChI=1S/C30H39N7O4S/c1-18-11-12-20(15-24(18)37-17-23(33-35-37)25-16-31-28(36(25)8)30(5,6)7)32-27(38)21-13-19(29(2,3)4)14-22(26(21)41-9)34-42(10,39)40/h11-17,34H,1-10H3,(H,32,38). The van der Waals surface area contributed by atoms with Crippen LogP contribution in [-0.2, 0) is 27.9 Å². The van der Waals surface area contributed by atoms with Crippen molar-refractivity contribution in [3.63, 3.8) is 0 Å². The minimum atomic E-state index is -3.62. The van der Waals surface area contributed by atoms with Crippen molar-refractivity contribution in [3.8, 4) is 22.8 Å². The Hall–Kier alpha value is -4.19. The number of nitrogens with one attached hydrogen (secondary N) is 2. The summed E-state index contributed by atoms with van der Waals surface area (Å²) in [6.07, 6.45) is 4.68. The quantitative estimate of drug-likeness (QED) is 0.301. The van der Waals surface area contributed by atoms with Crippen LogP contribution in [0.2, 0.25) is 0 Å². The number of sulfonamides is 1. The van der Waals surface area contributed by atoms with E-state index in [1.165, 1.54) is 7.11 Å². The minimum absolute atomic E-state index is 0.122. The van der Waals surface area contributed by atoms with Crippen LogP contribution < -0.4 is 14.8 Å². The number of nitrogens with zero attached hydrogens (tertiary/aromatic N) is 5. The summed E-state index contributed by atoms with van der Waals surface area (Å²) in [5.74, 6) is 0.618. The van der Waals surface area contributed by atoms with E-state index in [4.69, 9.17) is 4.74 Å². The van der Waals surface area contributed by atoms with Gasteiger partial charge in [0.25, 0.3) is 5.91 Å². The second kappa shape index (κ2) is 10.9. The van der Waals surface area contributed by atoms with Crippen molar-refractivity contribution in [2.24, 2.45) is 7.05 Å². The zero-order valence-corrected chi connectivity index (χ0v) is 26.6. The third kappa shape index (κ3) is 6.48. The molecule has 2 heterocycles. The van der Waals surface area contributed by atoms with Crippen molar-refractivity contribution >= 4 is 27.3 Å². The number of benzene rings is 2. The Labute approximate surface area is 247 Å². The summed E-state index contributed by atoms with van der Waals surface area (Å²) >= 11 is 0. The normalized spacial score (nSPS) is 12.3. The van der Waals surface area contributed by atoms with E-state index < -0.39 is 15.9 Å². The van der Waals surface area contributed by atoms with Gasteiger partial charge in [0.1, 0.15) is 11.5 Å². The van der Waals surface area contributed by atoms with Crippen LogP contribution in [-0.4, -0.2) is 52.2 Å². The zero-order valence-electron chi connectivity index (χ0n) is 25.8. The summed E-state index contributed by atoms with van der Waals surface area (Å²) in [4.78, 5) is 18.2. The van der Waals surface area contributed by atoms with E-state index in [9.17, 15) is 13.2 Å². The van der Waals surface area contributed by atoms with Crippen LogP contribution in [0.4, 0.5) is 11.4 Å². The summed E-state index contributed by atoms with van der Waals surface area (Å²) in [6.45, 7) is 14.2. The molecule has 0 aliphatic heterocycles. The van der Waals surface area contributed by atoms with Crippen LogP contribution in [0.3, 0.4) is 0 Å². The molecule has 12 heteroatoms. The van der Waals surface area contributed by atoms with Crippen molar-refractivity contribution in [2.45, 2.75) is 59.3 Å². The van der Waals surface area contributed by atoms with Gasteiger partial charge in [-0.1, -0.05) is 52.8 Å². The molecule has 4 aromatic rings. The first-order chi connectivity index (χ1) is 19.4. The highest BCUT2D eigenvalue weighted by atomic mass is 32.2. The molecule has 0 radical (unpaired) electrons. The van der Waals surface area contributed by atoms with Crippen LogP contribution in [0, 0.1) is 6.92 Å². The first-order valence-corrected chi connectivity index (χ1v) is 15.4. The molecule has 2 N–H and O–H groups in total. The van der Waals surface area contributed by atoms with Gasteiger partial charge in [-0.2, -0.15) is 0 Å². The van der Waals surface area contributed by atoms with Crippen LogP contribution >= 0.6 is 0 Å². The molecule has 0 spiro atoms. The lowest BCUT2D eigenvalue weighted by Gasteiger charge is -2.23. The van der Waals surface area contributed by atoms with E-state index in [0.29, 0.717) is 11.4 Å². The van der Waals surface area contributed by atoms with Gasteiger partial charge < -0.3 is 14.6 Å². The molecule has 0 unspecified atom stereocenters. The third-order valence-corrected chi connectivity index (χ3v) is 7.42. The van der Waals surface area contributed by atoms with E-state index in [2.05, 4.69) is 46.1 Å². The molecule has 2 aromatic carbocycles. The van der Waals surface area contributed by atoms with Gasteiger partial charge in [-0.25, -0.2) is 18.1 Å². The molecule has 4 rings (SSSR count). The van der Waals surface area contributed by atoms with Gasteiger partial charge in [0.05, 0.1) is 48.4 Å². The Kier molecular flexibility index (Phi) is 7.98. The molecule has 0 aliphatic rings. The first-order valence-electron chi connectivity index (χ1n) is 13.5. The van der Waals surface area contributed by atoms with Gasteiger partial charge in [0, 0.05) is 18.2 Å². The Morgan fingerprint density at radius 3 is 2.29 bits per heavy atom. The van der Waals surface area contributed by atoms with Gasteiger partial charge in [-0.3, -0.25) is 9.52 Å². The molecule has 42 heavy (non-hydrogen) atoms. The fourth-order valence-electron chi connectivity index (χ4n) is 4.70. The van der Waals surface area contributed by atoms with Crippen molar-refractivity contribution in [2.75, 3.05) is 23.4 Å². The first kappa shape index (κ1) is 30.8. The van der Waals surface area contributed by atoms with Gasteiger partial charge >= 0.3 is 0 Å². The van der Waals surface area contributed by atoms with Crippen LogP contribution in [0.1, 0.15) is 68.9 Å². The number of rotatable bonds is 7. The molecule has 2 aromatic heterocycles. The molecule has 1 amide bonds. The highest BCUT2D eigenvalue weighted by molar-refractivity contribution is 7.92. The Morgan fingerprint density at radius 2 is 1.71 bits per heavy atom. The Balaban J connectivity index is 1.70. The number of imidazole rings is 1. The van der Waals surface area contributed by atoms with Gasteiger partial charge in [0.15, 0.2) is 5.75 Å². The number of amides is 1. The largest absolute Gasteiger partial charge is 0.494 e. The second-order valence-corrected chi connectivity index (χ2v) is 14.3. The van der Waals surface area contributed by atoms with Crippen LogP contribution in [0.15, 0.2) is 42.7 Å². The zero-order chi connectivity index (χ0) is 31.2. The van der Waals surface area contributed by atoms with E-state index in [0.717, 1.165) is 34.6 Å². The second-order valence-electron chi connectivity index (χ2n) is 12.5.